The molecule has 154 valence electrons. The summed E-state index contributed by atoms with van der Waals surface area (Å²) >= 11 is 6.65. The molecule has 0 N–H and O–H groups in total. The molecule has 0 bridgehead atoms. The first-order valence-corrected chi connectivity index (χ1v) is 13.8. The van der Waals surface area contributed by atoms with Crippen LogP contribution in [-0.4, -0.2) is 69.8 Å². The van der Waals surface area contributed by atoms with Gasteiger partial charge in [-0.15, -0.1) is 0 Å². The van der Waals surface area contributed by atoms with E-state index in [2.05, 4.69) is 50.6 Å². The summed E-state index contributed by atoms with van der Waals surface area (Å²) in [5, 5.41) is 0. The van der Waals surface area contributed by atoms with Crippen molar-refractivity contribution in [2.75, 3.05) is 37.7 Å². The maximum atomic E-state index is 13.4. The first-order valence-electron chi connectivity index (χ1n) is 9.00. The van der Waals surface area contributed by atoms with Crippen molar-refractivity contribution in [1.82, 2.24) is 9.21 Å². The molecule has 1 aromatic rings. The van der Waals surface area contributed by atoms with E-state index in [9.17, 15) is 16.8 Å². The van der Waals surface area contributed by atoms with Gasteiger partial charge < -0.3 is 4.90 Å². The maximum absolute atomic E-state index is 13.4. The Balaban J connectivity index is 2.32. The Labute approximate surface area is 179 Å². The zero-order valence-corrected chi connectivity index (χ0v) is 20.4. The highest BCUT2D eigenvalue weighted by molar-refractivity contribution is 9.11. The molecule has 1 aliphatic heterocycles. The van der Waals surface area contributed by atoms with Gasteiger partial charge in [-0.25, -0.2) is 16.8 Å². The predicted molar refractivity (Wildman–Crippen MR) is 115 cm³/mol. The minimum Gasteiger partial charge on any atom is -0.304 e. The molecule has 0 amide bonds. The second-order valence-electron chi connectivity index (χ2n) is 6.63. The van der Waals surface area contributed by atoms with E-state index in [4.69, 9.17) is 0 Å². The number of benzene rings is 1. The molecule has 27 heavy (non-hydrogen) atoms. The van der Waals surface area contributed by atoms with Gasteiger partial charge in [0.25, 0.3) is 0 Å². The molecule has 0 aromatic heterocycles. The molecule has 1 saturated heterocycles. The van der Waals surface area contributed by atoms with Crippen LogP contribution in [0.3, 0.4) is 0 Å². The van der Waals surface area contributed by atoms with Crippen LogP contribution < -0.4 is 0 Å². The smallest absolute Gasteiger partial charge is 0.244 e. The van der Waals surface area contributed by atoms with E-state index in [1.165, 1.54) is 4.31 Å². The molecule has 0 radical (unpaired) electrons. The highest BCUT2D eigenvalue weighted by atomic mass is 79.9. The molecule has 1 aromatic carbocycles. The molecule has 0 unspecified atom stereocenters. The molecule has 10 heteroatoms. The third-order valence-electron chi connectivity index (χ3n) is 4.84. The number of halogens is 2. The lowest BCUT2D eigenvalue weighted by Crippen LogP contribution is -2.42. The lowest BCUT2D eigenvalue weighted by Gasteiger charge is -2.29. The number of sulfonamides is 1. The molecule has 1 atom stereocenters. The van der Waals surface area contributed by atoms with Crippen LogP contribution in [0.25, 0.3) is 0 Å². The van der Waals surface area contributed by atoms with Crippen molar-refractivity contribution in [2.24, 2.45) is 0 Å². The van der Waals surface area contributed by atoms with E-state index < -0.39 is 25.9 Å². The van der Waals surface area contributed by atoms with Gasteiger partial charge in [0.2, 0.25) is 10.0 Å². The fraction of sp³-hybridized carbons (Fsp3) is 0.647. The summed E-state index contributed by atoms with van der Waals surface area (Å²) in [4.78, 5) is 2.38. The number of rotatable bonds is 9. The maximum Gasteiger partial charge on any atom is 0.244 e. The normalized spacial score (nSPS) is 19.9. The summed E-state index contributed by atoms with van der Waals surface area (Å²) in [6, 6.07) is 4.48. The Hall–Kier alpha value is -0.000000000000000111. The second kappa shape index (κ2) is 9.67. The van der Waals surface area contributed by atoms with Crippen molar-refractivity contribution in [2.45, 2.75) is 37.6 Å². The van der Waals surface area contributed by atoms with Gasteiger partial charge in [-0.2, -0.15) is 4.31 Å². The Morgan fingerprint density at radius 1 is 1.15 bits per heavy atom. The van der Waals surface area contributed by atoms with Crippen molar-refractivity contribution in [3.8, 4) is 0 Å². The van der Waals surface area contributed by atoms with Gasteiger partial charge in [0, 0.05) is 21.5 Å². The van der Waals surface area contributed by atoms with Crippen LogP contribution in [0.2, 0.25) is 0 Å². The molecule has 1 aliphatic rings. The van der Waals surface area contributed by atoms with E-state index in [0.717, 1.165) is 19.6 Å². The fourth-order valence-electron chi connectivity index (χ4n) is 3.29. The molecule has 0 spiro atoms. The fourth-order valence-corrected chi connectivity index (χ4v) is 8.28. The lowest BCUT2D eigenvalue weighted by molar-refractivity contribution is 0.269. The molecule has 0 aliphatic carbocycles. The van der Waals surface area contributed by atoms with Crippen molar-refractivity contribution < 1.29 is 16.8 Å². The van der Waals surface area contributed by atoms with Gasteiger partial charge in [-0.3, -0.25) is 0 Å². The predicted octanol–water partition coefficient (Wildman–Crippen LogP) is 3.12. The number of hydrogen-bond donors (Lipinski definition) is 0. The van der Waals surface area contributed by atoms with Crippen LogP contribution in [0.5, 0.6) is 0 Å². The van der Waals surface area contributed by atoms with Crippen LogP contribution in [-0.2, 0) is 19.9 Å². The largest absolute Gasteiger partial charge is 0.304 e. The van der Waals surface area contributed by atoms with Crippen LogP contribution in [0.15, 0.2) is 32.0 Å². The quantitative estimate of drug-likeness (QED) is 0.476. The molecule has 1 fully saturated rings. The van der Waals surface area contributed by atoms with Gasteiger partial charge in [0.15, 0.2) is 9.84 Å². The van der Waals surface area contributed by atoms with Crippen molar-refractivity contribution in [3.63, 3.8) is 0 Å². The Morgan fingerprint density at radius 2 is 1.81 bits per heavy atom. The topological polar surface area (TPSA) is 74.8 Å². The third-order valence-corrected chi connectivity index (χ3v) is 10.0. The summed E-state index contributed by atoms with van der Waals surface area (Å²) in [7, 11) is -7.02. The summed E-state index contributed by atoms with van der Waals surface area (Å²) in [6.45, 7) is 7.02. The van der Waals surface area contributed by atoms with Crippen molar-refractivity contribution >= 4 is 51.7 Å². The molecule has 2 rings (SSSR count). The zero-order chi connectivity index (χ0) is 20.2. The summed E-state index contributed by atoms with van der Waals surface area (Å²) in [6.07, 6.45) is 1.00. The van der Waals surface area contributed by atoms with Crippen LogP contribution in [0, 0.1) is 0 Å². The van der Waals surface area contributed by atoms with E-state index in [1.54, 1.807) is 18.2 Å². The minimum atomic E-state index is -3.83. The van der Waals surface area contributed by atoms with Gasteiger partial charge in [-0.05, 0) is 66.6 Å². The molecular weight excluding hydrogens is 520 g/mol. The minimum absolute atomic E-state index is 0.0411. The second-order valence-corrected chi connectivity index (χ2v) is 12.5. The van der Waals surface area contributed by atoms with Gasteiger partial charge in [0.05, 0.1) is 16.4 Å². The van der Waals surface area contributed by atoms with Crippen LogP contribution in [0.4, 0.5) is 0 Å². The molecule has 0 saturated carbocycles. The van der Waals surface area contributed by atoms with E-state index in [1.807, 2.05) is 0 Å². The molecule has 6 nitrogen and oxygen atoms in total. The van der Waals surface area contributed by atoms with Crippen molar-refractivity contribution in [3.05, 3.63) is 27.1 Å². The SMILES string of the molecule is CCN(CC)CCCN([C@@H]1CCS(=O)(=O)C1)S(=O)(=O)c1cc(Br)ccc1Br. The Bertz CT molecular complexity index is 856. The van der Waals surface area contributed by atoms with E-state index >= 15 is 0 Å². The number of sulfone groups is 1. The Morgan fingerprint density at radius 3 is 2.37 bits per heavy atom. The highest BCUT2D eigenvalue weighted by Crippen LogP contribution is 2.31. The summed E-state index contributed by atoms with van der Waals surface area (Å²) < 4.78 is 53.2. The van der Waals surface area contributed by atoms with Gasteiger partial charge in [-0.1, -0.05) is 29.8 Å². The highest BCUT2D eigenvalue weighted by Gasteiger charge is 2.39. The number of nitrogens with zero attached hydrogens (tertiary/aromatic N) is 2. The summed E-state index contributed by atoms with van der Waals surface area (Å²) in [5.74, 6) is -0.0670. The Kier molecular flexibility index (Phi) is 8.34. The van der Waals surface area contributed by atoms with Crippen molar-refractivity contribution in [1.29, 1.82) is 0 Å². The van der Waals surface area contributed by atoms with Crippen LogP contribution in [0.1, 0.15) is 26.7 Å². The lowest BCUT2D eigenvalue weighted by atomic mass is 10.2. The van der Waals surface area contributed by atoms with E-state index in [-0.39, 0.29) is 16.4 Å². The third kappa shape index (κ3) is 5.99. The molecule has 1 heterocycles. The van der Waals surface area contributed by atoms with Gasteiger partial charge >= 0.3 is 0 Å². The average molecular weight is 546 g/mol. The van der Waals surface area contributed by atoms with Crippen LogP contribution >= 0.6 is 31.9 Å². The first-order chi connectivity index (χ1) is 12.6. The average Bonchev–Trinajstić information content (AvgIpc) is 2.96. The zero-order valence-electron chi connectivity index (χ0n) is 15.6. The molecular formula is C17H26Br2N2O4S2. The number of hydrogen-bond acceptors (Lipinski definition) is 5. The van der Waals surface area contributed by atoms with E-state index in [0.29, 0.717) is 28.3 Å². The standard InChI is InChI=1S/C17H26Br2N2O4S2/c1-3-20(4-2)9-5-10-21(15-8-11-26(22,23)13-15)27(24,25)17-12-14(18)6-7-16(17)19/h6-7,12,15H,3-5,8-11,13H2,1-2H3/t15-/m1/s1. The summed E-state index contributed by atoms with van der Waals surface area (Å²) in [5.41, 5.74) is 0. The first kappa shape index (κ1) is 23.3. The monoisotopic (exact) mass is 544 g/mol. The van der Waals surface area contributed by atoms with Gasteiger partial charge in [0.1, 0.15) is 0 Å².